The minimum Gasteiger partial charge on any atom is -0.358 e. The van der Waals surface area contributed by atoms with Gasteiger partial charge in [-0.15, -0.1) is 5.10 Å². The van der Waals surface area contributed by atoms with E-state index in [0.29, 0.717) is 0 Å². The van der Waals surface area contributed by atoms with Gasteiger partial charge in [0.05, 0.1) is 0 Å². The Bertz CT molecular complexity index is 492. The molecule has 0 aliphatic carbocycles. The fourth-order valence-electron chi connectivity index (χ4n) is 1.77. The van der Waals surface area contributed by atoms with Crippen molar-refractivity contribution in [2.45, 2.75) is 33.2 Å². The van der Waals surface area contributed by atoms with Crippen molar-refractivity contribution in [1.29, 1.82) is 0 Å². The molecule has 0 amide bonds. The molecule has 2 aromatic rings. The molecule has 0 N–H and O–H groups in total. The summed E-state index contributed by atoms with van der Waals surface area (Å²) < 4.78 is 1.79. The zero-order valence-electron chi connectivity index (χ0n) is 10.6. The fourth-order valence-corrected chi connectivity index (χ4v) is 1.77. The molecule has 0 aliphatic rings. The lowest BCUT2D eigenvalue weighted by atomic mass is 10.3. The molecule has 6 nitrogen and oxygen atoms in total. The third-order valence-electron chi connectivity index (χ3n) is 2.79. The second-order valence-corrected chi connectivity index (χ2v) is 4.05. The first-order valence-electron chi connectivity index (χ1n) is 6.03. The number of aryl methyl sites for hydroxylation is 1. The molecule has 2 heterocycles. The Hall–Kier alpha value is -1.72. The van der Waals surface area contributed by atoms with Gasteiger partial charge in [0.2, 0.25) is 0 Å². The predicted molar refractivity (Wildman–Crippen MR) is 67.0 cm³/mol. The van der Waals surface area contributed by atoms with Crippen LogP contribution in [0.15, 0.2) is 6.33 Å². The van der Waals surface area contributed by atoms with Crippen molar-refractivity contribution in [2.24, 2.45) is 0 Å². The molecule has 92 valence electrons. The molecular formula is C11H18N6. The van der Waals surface area contributed by atoms with E-state index >= 15 is 0 Å². The van der Waals surface area contributed by atoms with Crippen LogP contribution in [-0.4, -0.2) is 38.6 Å². The van der Waals surface area contributed by atoms with Gasteiger partial charge in [0.25, 0.3) is 0 Å². The van der Waals surface area contributed by atoms with Gasteiger partial charge in [-0.1, -0.05) is 18.6 Å². The number of hydrogen-bond acceptors (Lipinski definition) is 5. The van der Waals surface area contributed by atoms with E-state index in [2.05, 4.69) is 32.1 Å². The molecule has 0 saturated carbocycles. The maximum absolute atomic E-state index is 4.31. The van der Waals surface area contributed by atoms with Gasteiger partial charge in [0, 0.05) is 20.1 Å². The molecule has 0 saturated heterocycles. The maximum Gasteiger partial charge on any atom is 0.183 e. The number of unbranched alkanes of at least 4 members (excludes halogenated alkanes) is 1. The van der Waals surface area contributed by atoms with Crippen LogP contribution in [0.1, 0.15) is 26.7 Å². The Labute approximate surface area is 101 Å². The average Bonchev–Trinajstić information content (AvgIpc) is 2.78. The largest absolute Gasteiger partial charge is 0.358 e. The first kappa shape index (κ1) is 11.8. The third-order valence-corrected chi connectivity index (χ3v) is 2.79. The molecule has 0 atom stereocenters. The number of rotatable bonds is 5. The summed E-state index contributed by atoms with van der Waals surface area (Å²) in [5.41, 5.74) is 1.59. The normalized spacial score (nSPS) is 11.0. The van der Waals surface area contributed by atoms with Gasteiger partial charge < -0.3 is 4.90 Å². The van der Waals surface area contributed by atoms with Crippen molar-refractivity contribution in [3.63, 3.8) is 0 Å². The lowest BCUT2D eigenvalue weighted by Gasteiger charge is -2.17. The van der Waals surface area contributed by atoms with E-state index in [1.54, 1.807) is 11.0 Å². The van der Waals surface area contributed by atoms with Gasteiger partial charge in [-0.3, -0.25) is 0 Å². The van der Waals surface area contributed by atoms with Crippen molar-refractivity contribution >= 4 is 17.0 Å². The third kappa shape index (κ3) is 2.20. The zero-order chi connectivity index (χ0) is 12.3. The minimum atomic E-state index is 0.769. The molecule has 0 unspecified atom stereocenters. The zero-order valence-corrected chi connectivity index (χ0v) is 10.6. The molecule has 2 aromatic heterocycles. The van der Waals surface area contributed by atoms with Crippen LogP contribution in [0.2, 0.25) is 0 Å². The highest BCUT2D eigenvalue weighted by Gasteiger charge is 2.13. The second kappa shape index (κ2) is 5.07. The number of aromatic nitrogens is 5. The van der Waals surface area contributed by atoms with Crippen LogP contribution in [0, 0.1) is 0 Å². The van der Waals surface area contributed by atoms with Gasteiger partial charge in [-0.25, -0.2) is 14.6 Å². The molecular weight excluding hydrogens is 216 g/mol. The number of anilines is 1. The molecule has 0 radical (unpaired) electrons. The number of hydrogen-bond donors (Lipinski definition) is 0. The SMILES string of the molecule is CCCCN(C)c1ncnc2c1nnn2CC. The predicted octanol–water partition coefficient (Wildman–Crippen LogP) is 1.48. The summed E-state index contributed by atoms with van der Waals surface area (Å²) in [6.07, 6.45) is 3.89. The maximum atomic E-state index is 4.31. The summed E-state index contributed by atoms with van der Waals surface area (Å²) in [5.74, 6) is 0.864. The summed E-state index contributed by atoms with van der Waals surface area (Å²) in [4.78, 5) is 10.7. The summed E-state index contributed by atoms with van der Waals surface area (Å²) in [6, 6.07) is 0. The monoisotopic (exact) mass is 234 g/mol. The fraction of sp³-hybridized carbons (Fsp3) is 0.636. The van der Waals surface area contributed by atoms with Gasteiger partial charge in [0.1, 0.15) is 6.33 Å². The van der Waals surface area contributed by atoms with E-state index in [0.717, 1.165) is 36.5 Å². The summed E-state index contributed by atoms with van der Waals surface area (Å²) in [7, 11) is 2.03. The molecule has 2 rings (SSSR count). The lowest BCUT2D eigenvalue weighted by molar-refractivity contribution is 0.641. The highest BCUT2D eigenvalue weighted by atomic mass is 15.4. The van der Waals surface area contributed by atoms with E-state index in [1.807, 2.05) is 14.0 Å². The molecule has 0 bridgehead atoms. The quantitative estimate of drug-likeness (QED) is 0.784. The van der Waals surface area contributed by atoms with E-state index in [-0.39, 0.29) is 0 Å². The summed E-state index contributed by atoms with van der Waals surface area (Å²) in [6.45, 7) is 5.95. The van der Waals surface area contributed by atoms with Crippen LogP contribution in [0.3, 0.4) is 0 Å². The Balaban J connectivity index is 2.37. The highest BCUT2D eigenvalue weighted by Crippen LogP contribution is 2.19. The number of nitrogens with zero attached hydrogens (tertiary/aromatic N) is 6. The Morgan fingerprint density at radius 1 is 1.29 bits per heavy atom. The van der Waals surface area contributed by atoms with Crippen LogP contribution in [0.25, 0.3) is 11.2 Å². The standard InChI is InChI=1S/C11H18N6/c1-4-6-7-16(3)10-9-11(13-8-12-10)17(5-2)15-14-9/h8H,4-7H2,1-3H3. The van der Waals surface area contributed by atoms with Crippen LogP contribution in [-0.2, 0) is 6.54 Å². The Kier molecular flexibility index (Phi) is 3.51. The smallest absolute Gasteiger partial charge is 0.183 e. The van der Waals surface area contributed by atoms with E-state index < -0.39 is 0 Å². The average molecular weight is 234 g/mol. The lowest BCUT2D eigenvalue weighted by Crippen LogP contribution is -2.20. The summed E-state index contributed by atoms with van der Waals surface area (Å²) >= 11 is 0. The van der Waals surface area contributed by atoms with Crippen molar-refractivity contribution in [3.05, 3.63) is 6.33 Å². The minimum absolute atomic E-state index is 0.769. The van der Waals surface area contributed by atoms with E-state index in [1.165, 1.54) is 6.42 Å². The summed E-state index contributed by atoms with van der Waals surface area (Å²) in [5, 5.41) is 8.24. The van der Waals surface area contributed by atoms with Gasteiger partial charge in [0.15, 0.2) is 17.0 Å². The van der Waals surface area contributed by atoms with Crippen LogP contribution >= 0.6 is 0 Å². The van der Waals surface area contributed by atoms with Gasteiger partial charge in [-0.05, 0) is 13.3 Å². The van der Waals surface area contributed by atoms with E-state index in [9.17, 15) is 0 Å². The Morgan fingerprint density at radius 3 is 2.82 bits per heavy atom. The second-order valence-electron chi connectivity index (χ2n) is 4.05. The van der Waals surface area contributed by atoms with Crippen molar-refractivity contribution in [3.8, 4) is 0 Å². The number of fused-ring (bicyclic) bond motifs is 1. The molecule has 0 spiro atoms. The Morgan fingerprint density at radius 2 is 2.12 bits per heavy atom. The van der Waals surface area contributed by atoms with Crippen molar-refractivity contribution in [2.75, 3.05) is 18.5 Å². The first-order valence-corrected chi connectivity index (χ1v) is 6.03. The van der Waals surface area contributed by atoms with Crippen LogP contribution in [0.5, 0.6) is 0 Å². The van der Waals surface area contributed by atoms with E-state index in [4.69, 9.17) is 0 Å². The topological polar surface area (TPSA) is 59.7 Å². The van der Waals surface area contributed by atoms with Crippen LogP contribution < -0.4 is 4.90 Å². The van der Waals surface area contributed by atoms with Gasteiger partial charge in [-0.2, -0.15) is 0 Å². The first-order chi connectivity index (χ1) is 8.27. The molecule has 0 fully saturated rings. The highest BCUT2D eigenvalue weighted by molar-refractivity contribution is 5.82. The van der Waals surface area contributed by atoms with Crippen LogP contribution in [0.4, 0.5) is 5.82 Å². The molecule has 0 aromatic carbocycles. The molecule has 17 heavy (non-hydrogen) atoms. The van der Waals surface area contributed by atoms with Gasteiger partial charge >= 0.3 is 0 Å². The molecule has 6 heteroatoms. The van der Waals surface area contributed by atoms with Crippen molar-refractivity contribution < 1.29 is 0 Å². The van der Waals surface area contributed by atoms with Crippen molar-refractivity contribution in [1.82, 2.24) is 25.0 Å². The molecule has 0 aliphatic heterocycles.